The minimum Gasteiger partial charge on any atom is -0.497 e. The first kappa shape index (κ1) is 14.2. The molecule has 1 aliphatic carbocycles. The molecule has 4 heteroatoms. The topological polar surface area (TPSA) is 50.7 Å². The van der Waals surface area contributed by atoms with Gasteiger partial charge in [-0.05, 0) is 38.0 Å². The van der Waals surface area contributed by atoms with Crippen LogP contribution in [0.3, 0.4) is 0 Å². The Hall–Kier alpha value is -1.26. The minimum absolute atomic E-state index is 0.328. The third-order valence-corrected chi connectivity index (χ3v) is 3.22. The molecule has 0 heterocycles. The van der Waals surface area contributed by atoms with E-state index in [1.54, 1.807) is 14.0 Å². The van der Waals surface area contributed by atoms with E-state index in [-0.39, 0.29) is 6.10 Å². The summed E-state index contributed by atoms with van der Waals surface area (Å²) < 4.78 is 11.0. The van der Waals surface area contributed by atoms with Crippen molar-refractivity contribution >= 4 is 0 Å². The van der Waals surface area contributed by atoms with Gasteiger partial charge in [-0.2, -0.15) is 0 Å². The summed E-state index contributed by atoms with van der Waals surface area (Å²) in [5, 5.41) is 12.7. The van der Waals surface area contributed by atoms with Crippen LogP contribution in [0.1, 0.15) is 31.7 Å². The van der Waals surface area contributed by atoms with E-state index in [9.17, 15) is 5.11 Å². The molecule has 1 fully saturated rings. The molecule has 0 aliphatic heterocycles. The highest BCUT2D eigenvalue weighted by Gasteiger charge is 2.20. The van der Waals surface area contributed by atoms with Crippen LogP contribution in [-0.2, 0) is 6.54 Å². The van der Waals surface area contributed by atoms with Gasteiger partial charge < -0.3 is 19.9 Å². The highest BCUT2D eigenvalue weighted by atomic mass is 16.5. The number of benzene rings is 1. The number of rotatable bonds is 8. The van der Waals surface area contributed by atoms with Crippen LogP contribution >= 0.6 is 0 Å². The fraction of sp³-hybridized carbons (Fsp3) is 0.600. The Kier molecular flexibility index (Phi) is 5.05. The first-order valence-corrected chi connectivity index (χ1v) is 6.90. The lowest BCUT2D eigenvalue weighted by Crippen LogP contribution is -2.16. The molecule has 1 unspecified atom stereocenters. The van der Waals surface area contributed by atoms with Gasteiger partial charge in [0.2, 0.25) is 0 Å². The Balaban J connectivity index is 1.97. The highest BCUT2D eigenvalue weighted by Crippen LogP contribution is 2.26. The summed E-state index contributed by atoms with van der Waals surface area (Å²) in [4.78, 5) is 0. The molecule has 1 aromatic rings. The molecule has 1 aliphatic rings. The minimum atomic E-state index is -0.328. The molecule has 0 aromatic heterocycles. The average Bonchev–Trinajstić information content (AvgIpc) is 3.21. The monoisotopic (exact) mass is 265 g/mol. The van der Waals surface area contributed by atoms with E-state index in [1.807, 2.05) is 18.2 Å². The van der Waals surface area contributed by atoms with E-state index in [0.29, 0.717) is 19.1 Å². The standard InChI is InChI=1S/C15H23NO3/c1-11(17)7-8-19-15-6-5-14(18-2)9-12(15)10-16-13-3-4-13/h5-6,9,11,13,16-17H,3-4,7-8,10H2,1-2H3. The second kappa shape index (κ2) is 6.78. The lowest BCUT2D eigenvalue weighted by atomic mass is 10.2. The normalized spacial score (nSPS) is 16.2. The van der Waals surface area contributed by atoms with Gasteiger partial charge in [0.15, 0.2) is 0 Å². The van der Waals surface area contributed by atoms with Crippen LogP contribution in [0.4, 0.5) is 0 Å². The molecule has 0 radical (unpaired) electrons. The summed E-state index contributed by atoms with van der Waals surface area (Å²) in [7, 11) is 1.67. The van der Waals surface area contributed by atoms with Crippen molar-refractivity contribution in [2.45, 2.75) is 44.9 Å². The number of aliphatic hydroxyl groups excluding tert-OH is 1. The van der Waals surface area contributed by atoms with E-state index in [2.05, 4.69) is 5.32 Å². The molecule has 0 bridgehead atoms. The molecule has 1 atom stereocenters. The molecule has 2 N–H and O–H groups in total. The molecule has 106 valence electrons. The average molecular weight is 265 g/mol. The highest BCUT2D eigenvalue weighted by molar-refractivity contribution is 5.40. The second-order valence-corrected chi connectivity index (χ2v) is 5.11. The fourth-order valence-electron chi connectivity index (χ4n) is 1.84. The number of nitrogens with one attached hydrogen (secondary N) is 1. The number of methoxy groups -OCH3 is 1. The summed E-state index contributed by atoms with van der Waals surface area (Å²) in [5.74, 6) is 1.71. The zero-order chi connectivity index (χ0) is 13.7. The van der Waals surface area contributed by atoms with Crippen LogP contribution in [0.15, 0.2) is 18.2 Å². The van der Waals surface area contributed by atoms with E-state index in [1.165, 1.54) is 12.8 Å². The van der Waals surface area contributed by atoms with Crippen molar-refractivity contribution in [2.75, 3.05) is 13.7 Å². The van der Waals surface area contributed by atoms with Gasteiger partial charge in [0.05, 0.1) is 19.8 Å². The van der Waals surface area contributed by atoms with E-state index in [0.717, 1.165) is 23.6 Å². The van der Waals surface area contributed by atoms with Gasteiger partial charge >= 0.3 is 0 Å². The van der Waals surface area contributed by atoms with Crippen LogP contribution in [-0.4, -0.2) is 31.0 Å². The maximum absolute atomic E-state index is 9.25. The Labute approximate surface area is 114 Å². The lowest BCUT2D eigenvalue weighted by Gasteiger charge is -2.14. The van der Waals surface area contributed by atoms with Gasteiger partial charge in [0, 0.05) is 24.6 Å². The Morgan fingerprint density at radius 2 is 2.21 bits per heavy atom. The van der Waals surface area contributed by atoms with Gasteiger partial charge in [0.25, 0.3) is 0 Å². The first-order valence-electron chi connectivity index (χ1n) is 6.90. The van der Waals surface area contributed by atoms with Gasteiger partial charge in [-0.1, -0.05) is 0 Å². The van der Waals surface area contributed by atoms with E-state index in [4.69, 9.17) is 9.47 Å². The zero-order valence-electron chi connectivity index (χ0n) is 11.7. The van der Waals surface area contributed by atoms with Gasteiger partial charge in [-0.25, -0.2) is 0 Å². The maximum atomic E-state index is 9.25. The van der Waals surface area contributed by atoms with Crippen LogP contribution in [0.5, 0.6) is 11.5 Å². The number of hydrogen-bond donors (Lipinski definition) is 2. The quantitative estimate of drug-likeness (QED) is 0.756. The summed E-state index contributed by atoms with van der Waals surface area (Å²) in [5.41, 5.74) is 1.11. The molecule has 4 nitrogen and oxygen atoms in total. The molecule has 2 rings (SSSR count). The summed E-state index contributed by atoms with van der Waals surface area (Å²) in [6.07, 6.45) is 2.85. The molecule has 1 aromatic carbocycles. The summed E-state index contributed by atoms with van der Waals surface area (Å²) in [6.45, 7) is 3.10. The molecule has 1 saturated carbocycles. The van der Waals surface area contributed by atoms with E-state index < -0.39 is 0 Å². The maximum Gasteiger partial charge on any atom is 0.124 e. The van der Waals surface area contributed by atoms with Crippen molar-refractivity contribution < 1.29 is 14.6 Å². The van der Waals surface area contributed by atoms with Crippen LogP contribution in [0, 0.1) is 0 Å². The molecule has 0 spiro atoms. The van der Waals surface area contributed by atoms with Gasteiger partial charge in [0.1, 0.15) is 11.5 Å². The van der Waals surface area contributed by atoms with Crippen molar-refractivity contribution in [1.29, 1.82) is 0 Å². The predicted molar refractivity (Wildman–Crippen MR) is 74.6 cm³/mol. The largest absolute Gasteiger partial charge is 0.497 e. The van der Waals surface area contributed by atoms with Gasteiger partial charge in [-0.15, -0.1) is 0 Å². The summed E-state index contributed by atoms with van der Waals surface area (Å²) in [6, 6.07) is 6.51. The van der Waals surface area contributed by atoms with Crippen molar-refractivity contribution in [3.8, 4) is 11.5 Å². The van der Waals surface area contributed by atoms with Crippen LogP contribution in [0.2, 0.25) is 0 Å². The number of aliphatic hydroxyl groups is 1. The van der Waals surface area contributed by atoms with Gasteiger partial charge in [-0.3, -0.25) is 0 Å². The lowest BCUT2D eigenvalue weighted by molar-refractivity contribution is 0.155. The molecular weight excluding hydrogens is 242 g/mol. The van der Waals surface area contributed by atoms with Crippen molar-refractivity contribution in [3.05, 3.63) is 23.8 Å². The molecule has 0 saturated heterocycles. The smallest absolute Gasteiger partial charge is 0.124 e. The zero-order valence-corrected chi connectivity index (χ0v) is 11.7. The molecular formula is C15H23NO3. The number of ether oxygens (including phenoxy) is 2. The third-order valence-electron chi connectivity index (χ3n) is 3.22. The second-order valence-electron chi connectivity index (χ2n) is 5.11. The summed E-state index contributed by atoms with van der Waals surface area (Å²) >= 11 is 0. The first-order chi connectivity index (χ1) is 9.19. The Bertz CT molecular complexity index is 402. The SMILES string of the molecule is COc1ccc(OCCC(C)O)c(CNC2CC2)c1. The van der Waals surface area contributed by atoms with Crippen LogP contribution < -0.4 is 14.8 Å². The van der Waals surface area contributed by atoms with E-state index >= 15 is 0 Å². The third kappa shape index (κ3) is 4.73. The van der Waals surface area contributed by atoms with Crippen molar-refractivity contribution in [2.24, 2.45) is 0 Å². The molecule has 19 heavy (non-hydrogen) atoms. The fourth-order valence-corrected chi connectivity index (χ4v) is 1.84. The Morgan fingerprint density at radius 1 is 1.42 bits per heavy atom. The predicted octanol–water partition coefficient (Wildman–Crippen LogP) is 2.10. The van der Waals surface area contributed by atoms with Crippen LogP contribution in [0.25, 0.3) is 0 Å². The molecule has 0 amide bonds. The number of hydrogen-bond acceptors (Lipinski definition) is 4. The van der Waals surface area contributed by atoms with Crippen molar-refractivity contribution in [3.63, 3.8) is 0 Å². The Morgan fingerprint density at radius 3 is 2.84 bits per heavy atom. The van der Waals surface area contributed by atoms with Crippen molar-refractivity contribution in [1.82, 2.24) is 5.32 Å².